The van der Waals surface area contributed by atoms with Crippen molar-refractivity contribution >= 4 is 16.9 Å². The van der Waals surface area contributed by atoms with Crippen molar-refractivity contribution in [3.8, 4) is 0 Å². The van der Waals surface area contributed by atoms with E-state index in [1.165, 1.54) is 0 Å². The summed E-state index contributed by atoms with van der Waals surface area (Å²) in [7, 11) is 0. The highest BCUT2D eigenvalue weighted by atomic mass is 16.4. The second kappa shape index (κ2) is 4.24. The highest BCUT2D eigenvalue weighted by molar-refractivity contribution is 5.96. The van der Waals surface area contributed by atoms with Crippen LogP contribution in [-0.4, -0.2) is 15.6 Å². The Morgan fingerprint density at radius 3 is 2.59 bits per heavy atom. The first-order valence-electron chi connectivity index (χ1n) is 5.88. The monoisotopic (exact) mass is 231 g/mol. The van der Waals surface area contributed by atoms with Crippen LogP contribution in [0, 0.1) is 13.8 Å². The molecule has 0 unspecified atom stereocenters. The van der Waals surface area contributed by atoms with E-state index in [-0.39, 0.29) is 0 Å². The zero-order valence-corrected chi connectivity index (χ0v) is 10.4. The van der Waals surface area contributed by atoms with E-state index in [0.29, 0.717) is 5.56 Å². The first kappa shape index (κ1) is 11.7. The van der Waals surface area contributed by atoms with Gasteiger partial charge in [-0.05, 0) is 43.5 Å². The molecule has 1 aromatic carbocycles. The molecule has 1 N–H and O–H groups in total. The van der Waals surface area contributed by atoms with E-state index in [2.05, 4.69) is 17.7 Å². The van der Waals surface area contributed by atoms with Gasteiger partial charge in [0, 0.05) is 18.1 Å². The van der Waals surface area contributed by atoms with Crippen LogP contribution in [0.25, 0.3) is 10.9 Å². The molecule has 0 aliphatic rings. The number of fused-ring (bicyclic) bond motifs is 1. The van der Waals surface area contributed by atoms with E-state index in [9.17, 15) is 4.79 Å². The lowest BCUT2D eigenvalue weighted by atomic mass is 10.1. The molecule has 0 fully saturated rings. The van der Waals surface area contributed by atoms with Crippen LogP contribution in [0.1, 0.15) is 34.8 Å². The number of aryl methyl sites for hydroxylation is 3. The minimum atomic E-state index is -0.863. The Bertz CT molecular complexity index is 581. The van der Waals surface area contributed by atoms with Crippen molar-refractivity contribution < 1.29 is 9.90 Å². The van der Waals surface area contributed by atoms with Gasteiger partial charge in [-0.1, -0.05) is 6.92 Å². The molecule has 0 amide bonds. The molecule has 3 heteroatoms. The summed E-state index contributed by atoms with van der Waals surface area (Å²) in [6.45, 7) is 7.11. The smallest absolute Gasteiger partial charge is 0.335 e. The van der Waals surface area contributed by atoms with Gasteiger partial charge in [-0.15, -0.1) is 0 Å². The van der Waals surface area contributed by atoms with E-state index >= 15 is 0 Å². The molecule has 1 heterocycles. The minimum absolute atomic E-state index is 0.368. The molecule has 17 heavy (non-hydrogen) atoms. The summed E-state index contributed by atoms with van der Waals surface area (Å²) in [4.78, 5) is 11.0. The normalized spacial score (nSPS) is 11.0. The third-order valence-corrected chi connectivity index (χ3v) is 3.07. The number of carbonyl (C=O) groups is 1. The second-order valence-electron chi connectivity index (χ2n) is 4.50. The Morgan fingerprint density at radius 2 is 2.00 bits per heavy atom. The third-order valence-electron chi connectivity index (χ3n) is 3.07. The topological polar surface area (TPSA) is 42.2 Å². The van der Waals surface area contributed by atoms with Gasteiger partial charge in [0.2, 0.25) is 0 Å². The molecule has 0 aliphatic heterocycles. The van der Waals surface area contributed by atoms with Gasteiger partial charge in [0.1, 0.15) is 0 Å². The van der Waals surface area contributed by atoms with Crippen LogP contribution in [0.5, 0.6) is 0 Å². The summed E-state index contributed by atoms with van der Waals surface area (Å²) < 4.78 is 2.21. The van der Waals surface area contributed by atoms with Crippen molar-refractivity contribution in [3.63, 3.8) is 0 Å². The molecule has 0 atom stereocenters. The molecule has 0 aliphatic carbocycles. The van der Waals surface area contributed by atoms with Crippen molar-refractivity contribution in [1.29, 1.82) is 0 Å². The maximum Gasteiger partial charge on any atom is 0.335 e. The van der Waals surface area contributed by atoms with Gasteiger partial charge < -0.3 is 9.67 Å². The number of carboxylic acids is 1. The lowest BCUT2D eigenvalue weighted by Gasteiger charge is -2.06. The average Bonchev–Trinajstić information content (AvgIpc) is 2.57. The largest absolute Gasteiger partial charge is 0.478 e. The number of rotatable bonds is 3. The second-order valence-corrected chi connectivity index (χ2v) is 4.50. The minimum Gasteiger partial charge on any atom is -0.478 e. The number of aromatic nitrogens is 1. The summed E-state index contributed by atoms with van der Waals surface area (Å²) in [6, 6.07) is 3.52. The standard InChI is InChI=1S/C14H17NO2/c1-4-5-15-8-10(3)12-7-11(14(16)17)6-9(2)13(12)15/h6-8H,4-5H2,1-3H3,(H,16,17). The maximum absolute atomic E-state index is 11.0. The van der Waals surface area contributed by atoms with E-state index in [1.54, 1.807) is 12.1 Å². The van der Waals surface area contributed by atoms with Crippen LogP contribution in [0.15, 0.2) is 18.3 Å². The lowest BCUT2D eigenvalue weighted by molar-refractivity contribution is 0.0697. The highest BCUT2D eigenvalue weighted by Gasteiger charge is 2.12. The van der Waals surface area contributed by atoms with E-state index in [4.69, 9.17) is 5.11 Å². The first-order chi connectivity index (χ1) is 8.04. The van der Waals surface area contributed by atoms with E-state index in [0.717, 1.165) is 35.0 Å². The molecule has 0 spiro atoms. The quantitative estimate of drug-likeness (QED) is 0.880. The number of carboxylic acid groups (broad SMARTS) is 1. The number of nitrogens with zero attached hydrogens (tertiary/aromatic N) is 1. The maximum atomic E-state index is 11.0. The van der Waals surface area contributed by atoms with Crippen molar-refractivity contribution in [2.45, 2.75) is 33.7 Å². The predicted molar refractivity (Wildman–Crippen MR) is 68.7 cm³/mol. The zero-order valence-electron chi connectivity index (χ0n) is 10.4. The Labute approximate surface area is 101 Å². The molecule has 1 aromatic heterocycles. The molecule has 0 saturated heterocycles. The van der Waals surface area contributed by atoms with Crippen molar-refractivity contribution in [1.82, 2.24) is 4.57 Å². The molecule has 0 saturated carbocycles. The Kier molecular flexibility index (Phi) is 2.92. The van der Waals surface area contributed by atoms with Gasteiger partial charge >= 0.3 is 5.97 Å². The van der Waals surface area contributed by atoms with Crippen LogP contribution >= 0.6 is 0 Å². The fraction of sp³-hybridized carbons (Fsp3) is 0.357. The molecule has 0 bridgehead atoms. The molecule has 0 radical (unpaired) electrons. The molecule has 3 nitrogen and oxygen atoms in total. The Morgan fingerprint density at radius 1 is 1.29 bits per heavy atom. The van der Waals surface area contributed by atoms with Crippen LogP contribution < -0.4 is 0 Å². The van der Waals surface area contributed by atoms with Crippen LogP contribution in [0.3, 0.4) is 0 Å². The molecular weight excluding hydrogens is 214 g/mol. The van der Waals surface area contributed by atoms with E-state index < -0.39 is 5.97 Å². The predicted octanol–water partition coefficient (Wildman–Crippen LogP) is 3.37. The van der Waals surface area contributed by atoms with Gasteiger partial charge in [-0.25, -0.2) is 4.79 Å². The fourth-order valence-corrected chi connectivity index (χ4v) is 2.37. The number of aromatic carboxylic acids is 1. The third kappa shape index (κ3) is 1.93. The fourth-order valence-electron chi connectivity index (χ4n) is 2.37. The van der Waals surface area contributed by atoms with Crippen LogP contribution in [0.2, 0.25) is 0 Å². The van der Waals surface area contributed by atoms with Crippen molar-refractivity contribution in [2.24, 2.45) is 0 Å². The summed E-state index contributed by atoms with van der Waals surface area (Å²) >= 11 is 0. The van der Waals surface area contributed by atoms with Gasteiger partial charge in [0.05, 0.1) is 11.1 Å². The lowest BCUT2D eigenvalue weighted by Crippen LogP contribution is -1.99. The van der Waals surface area contributed by atoms with E-state index in [1.807, 2.05) is 13.8 Å². The molecule has 2 aromatic rings. The Balaban J connectivity index is 2.73. The first-order valence-corrected chi connectivity index (χ1v) is 5.88. The summed E-state index contributed by atoms with van der Waals surface area (Å²) in [6.07, 6.45) is 3.18. The van der Waals surface area contributed by atoms with Crippen molar-refractivity contribution in [2.75, 3.05) is 0 Å². The van der Waals surface area contributed by atoms with Gasteiger partial charge in [0.15, 0.2) is 0 Å². The van der Waals surface area contributed by atoms with Crippen molar-refractivity contribution in [3.05, 3.63) is 35.0 Å². The van der Waals surface area contributed by atoms with Gasteiger partial charge in [0.25, 0.3) is 0 Å². The Hall–Kier alpha value is -1.77. The van der Waals surface area contributed by atoms with Crippen LogP contribution in [-0.2, 0) is 6.54 Å². The summed E-state index contributed by atoms with van der Waals surface area (Å²) in [5.41, 5.74) is 3.70. The summed E-state index contributed by atoms with van der Waals surface area (Å²) in [5.74, 6) is -0.863. The number of hydrogen-bond acceptors (Lipinski definition) is 1. The molecule has 2 rings (SSSR count). The summed E-state index contributed by atoms with van der Waals surface area (Å²) in [5, 5.41) is 10.1. The SMILES string of the molecule is CCCn1cc(C)c2cc(C(=O)O)cc(C)c21. The zero-order chi connectivity index (χ0) is 12.6. The number of hydrogen-bond donors (Lipinski definition) is 1. The highest BCUT2D eigenvalue weighted by Crippen LogP contribution is 2.26. The number of benzene rings is 1. The van der Waals surface area contributed by atoms with Crippen LogP contribution in [0.4, 0.5) is 0 Å². The van der Waals surface area contributed by atoms with Gasteiger partial charge in [-0.3, -0.25) is 0 Å². The molecule has 90 valence electrons. The van der Waals surface area contributed by atoms with Gasteiger partial charge in [-0.2, -0.15) is 0 Å². The average molecular weight is 231 g/mol. The molecular formula is C14H17NO2.